The van der Waals surface area contributed by atoms with Gasteiger partial charge in [-0.3, -0.25) is 9.59 Å². The number of benzene rings is 1. The van der Waals surface area contributed by atoms with Gasteiger partial charge in [0.25, 0.3) is 0 Å². The minimum Gasteiger partial charge on any atom is -0.486 e. The van der Waals surface area contributed by atoms with Gasteiger partial charge in [-0.1, -0.05) is 0 Å². The predicted octanol–water partition coefficient (Wildman–Crippen LogP) is 1.38. The van der Waals surface area contributed by atoms with Crippen LogP contribution in [-0.2, 0) is 16.0 Å². The van der Waals surface area contributed by atoms with E-state index in [-0.39, 0.29) is 5.78 Å². The van der Waals surface area contributed by atoms with Gasteiger partial charge in [0.1, 0.15) is 19.1 Å². The van der Waals surface area contributed by atoms with Crippen LogP contribution >= 0.6 is 0 Å². The van der Waals surface area contributed by atoms with Gasteiger partial charge in [0.05, 0.1) is 7.11 Å². The van der Waals surface area contributed by atoms with Crippen molar-refractivity contribution in [3.05, 3.63) is 23.3 Å². The van der Waals surface area contributed by atoms with Crippen molar-refractivity contribution in [2.45, 2.75) is 12.8 Å². The lowest BCUT2D eigenvalue weighted by Crippen LogP contribution is -2.30. The van der Waals surface area contributed by atoms with Crippen LogP contribution in [0, 0.1) is 5.92 Å². The van der Waals surface area contributed by atoms with Crippen LogP contribution in [0.3, 0.4) is 0 Å². The van der Waals surface area contributed by atoms with Gasteiger partial charge in [-0.2, -0.15) is 0 Å². The third-order valence-electron chi connectivity index (χ3n) is 3.54. The summed E-state index contributed by atoms with van der Waals surface area (Å²) in [6.07, 6.45) is 1.15. The standard InChI is InChI=1S/C14H14O5/c1-17-14(16)9-3-2-8-6-11-12(19-5-4-18-11)7-10(8)13(9)15/h6-7,9H,2-5H2,1H3. The van der Waals surface area contributed by atoms with E-state index < -0.39 is 11.9 Å². The second-order valence-electron chi connectivity index (χ2n) is 4.63. The van der Waals surface area contributed by atoms with E-state index in [1.807, 2.05) is 6.07 Å². The molecule has 100 valence electrons. The van der Waals surface area contributed by atoms with Gasteiger partial charge in [0, 0.05) is 5.56 Å². The lowest BCUT2D eigenvalue weighted by molar-refractivity contribution is -0.143. The van der Waals surface area contributed by atoms with Crippen LogP contribution in [0.25, 0.3) is 0 Å². The van der Waals surface area contributed by atoms with Crippen LogP contribution in [0.1, 0.15) is 22.3 Å². The predicted molar refractivity (Wildman–Crippen MR) is 65.6 cm³/mol. The Morgan fingerprint density at radius 1 is 1.26 bits per heavy atom. The number of hydrogen-bond acceptors (Lipinski definition) is 5. The number of Topliss-reactive ketones (excluding diaryl/α,β-unsaturated/α-hetero) is 1. The molecule has 0 amide bonds. The van der Waals surface area contributed by atoms with Crippen LogP contribution < -0.4 is 9.47 Å². The molecule has 0 fully saturated rings. The molecule has 1 aliphatic heterocycles. The average Bonchev–Trinajstić information content (AvgIpc) is 2.45. The largest absolute Gasteiger partial charge is 0.486 e. The lowest BCUT2D eigenvalue weighted by atomic mass is 9.82. The monoisotopic (exact) mass is 262 g/mol. The van der Waals surface area contributed by atoms with E-state index in [0.717, 1.165) is 5.56 Å². The van der Waals surface area contributed by atoms with Crippen LogP contribution in [0.2, 0.25) is 0 Å². The number of aryl methyl sites for hydroxylation is 1. The topological polar surface area (TPSA) is 61.8 Å². The molecule has 5 heteroatoms. The molecule has 2 aliphatic rings. The van der Waals surface area contributed by atoms with E-state index >= 15 is 0 Å². The fourth-order valence-electron chi connectivity index (χ4n) is 2.55. The highest BCUT2D eigenvalue weighted by Gasteiger charge is 2.34. The molecule has 0 N–H and O–H groups in total. The summed E-state index contributed by atoms with van der Waals surface area (Å²) in [5.74, 6) is -0.103. The van der Waals surface area contributed by atoms with Crippen molar-refractivity contribution in [2.24, 2.45) is 5.92 Å². The fraction of sp³-hybridized carbons (Fsp3) is 0.429. The first kappa shape index (κ1) is 12.0. The number of methoxy groups -OCH3 is 1. The maximum absolute atomic E-state index is 12.3. The molecule has 0 bridgehead atoms. The molecule has 3 rings (SSSR count). The first-order valence-corrected chi connectivity index (χ1v) is 6.25. The molecule has 1 heterocycles. The van der Waals surface area contributed by atoms with E-state index in [1.54, 1.807) is 6.07 Å². The van der Waals surface area contributed by atoms with Crippen LogP contribution in [0.15, 0.2) is 12.1 Å². The number of fused-ring (bicyclic) bond motifs is 2. The smallest absolute Gasteiger partial charge is 0.316 e. The molecule has 0 radical (unpaired) electrons. The van der Waals surface area contributed by atoms with E-state index in [0.29, 0.717) is 43.1 Å². The summed E-state index contributed by atoms with van der Waals surface area (Å²) in [4.78, 5) is 23.9. The molecule has 1 aromatic rings. The molecule has 1 atom stereocenters. The summed E-state index contributed by atoms with van der Waals surface area (Å²) in [7, 11) is 1.30. The molecule has 1 aromatic carbocycles. The number of rotatable bonds is 1. The fourth-order valence-corrected chi connectivity index (χ4v) is 2.55. The third kappa shape index (κ3) is 1.95. The van der Waals surface area contributed by atoms with Crippen LogP contribution in [0.5, 0.6) is 11.5 Å². The Kier molecular flexibility index (Phi) is 2.89. The van der Waals surface area contributed by atoms with Crippen LogP contribution in [-0.4, -0.2) is 32.1 Å². The van der Waals surface area contributed by atoms with Gasteiger partial charge < -0.3 is 14.2 Å². The van der Waals surface area contributed by atoms with E-state index in [2.05, 4.69) is 4.74 Å². The van der Waals surface area contributed by atoms with Gasteiger partial charge in [0.15, 0.2) is 17.3 Å². The zero-order chi connectivity index (χ0) is 13.4. The Morgan fingerprint density at radius 2 is 1.95 bits per heavy atom. The van der Waals surface area contributed by atoms with Crippen molar-refractivity contribution in [3.63, 3.8) is 0 Å². The molecular weight excluding hydrogens is 248 g/mol. The molecule has 0 spiro atoms. The van der Waals surface area contributed by atoms with Crippen molar-refractivity contribution >= 4 is 11.8 Å². The number of ketones is 1. The van der Waals surface area contributed by atoms with Crippen molar-refractivity contribution in [3.8, 4) is 11.5 Å². The second-order valence-corrected chi connectivity index (χ2v) is 4.63. The van der Waals surface area contributed by atoms with E-state index in [9.17, 15) is 9.59 Å². The Hall–Kier alpha value is -2.04. The summed E-state index contributed by atoms with van der Waals surface area (Å²) in [5, 5.41) is 0. The maximum atomic E-state index is 12.3. The molecular formula is C14H14O5. The number of esters is 1. The van der Waals surface area contributed by atoms with Gasteiger partial charge in [-0.05, 0) is 30.5 Å². The minimum atomic E-state index is -0.694. The Labute approximate surface area is 110 Å². The van der Waals surface area contributed by atoms with E-state index in [4.69, 9.17) is 9.47 Å². The zero-order valence-electron chi connectivity index (χ0n) is 10.6. The zero-order valence-corrected chi connectivity index (χ0v) is 10.6. The van der Waals surface area contributed by atoms with Crippen LogP contribution in [0.4, 0.5) is 0 Å². The maximum Gasteiger partial charge on any atom is 0.316 e. The number of carbonyl (C=O) groups excluding carboxylic acids is 2. The average molecular weight is 262 g/mol. The summed E-state index contributed by atoms with van der Waals surface area (Å²) < 4.78 is 15.6. The van der Waals surface area contributed by atoms with Crippen molar-refractivity contribution < 1.29 is 23.8 Å². The Bertz CT molecular complexity index is 549. The van der Waals surface area contributed by atoms with Crippen molar-refractivity contribution in [1.29, 1.82) is 0 Å². The molecule has 0 saturated heterocycles. The first-order chi connectivity index (χ1) is 9.20. The molecule has 5 nitrogen and oxygen atoms in total. The Morgan fingerprint density at radius 3 is 2.63 bits per heavy atom. The van der Waals surface area contributed by atoms with Gasteiger partial charge >= 0.3 is 5.97 Å². The van der Waals surface area contributed by atoms with Crippen molar-refractivity contribution in [2.75, 3.05) is 20.3 Å². The summed E-state index contributed by atoms with van der Waals surface area (Å²) >= 11 is 0. The van der Waals surface area contributed by atoms with E-state index in [1.165, 1.54) is 7.11 Å². The summed E-state index contributed by atoms with van der Waals surface area (Å²) in [6, 6.07) is 3.52. The summed E-state index contributed by atoms with van der Waals surface area (Å²) in [6.45, 7) is 0.991. The normalized spacial score (nSPS) is 20.7. The SMILES string of the molecule is COC(=O)C1CCc2cc3c(cc2C1=O)OCCO3. The number of ether oxygens (including phenoxy) is 3. The number of carbonyl (C=O) groups is 2. The lowest BCUT2D eigenvalue weighted by Gasteiger charge is -2.25. The minimum absolute atomic E-state index is 0.190. The quantitative estimate of drug-likeness (QED) is 0.565. The van der Waals surface area contributed by atoms with Gasteiger partial charge in [0.2, 0.25) is 0 Å². The number of hydrogen-bond donors (Lipinski definition) is 0. The first-order valence-electron chi connectivity index (χ1n) is 6.25. The van der Waals surface area contributed by atoms with Gasteiger partial charge in [-0.25, -0.2) is 0 Å². The molecule has 1 aliphatic carbocycles. The molecule has 0 saturated carbocycles. The molecule has 0 aromatic heterocycles. The summed E-state index contributed by atoms with van der Waals surface area (Å²) in [5.41, 5.74) is 1.46. The van der Waals surface area contributed by atoms with Crippen molar-refractivity contribution in [1.82, 2.24) is 0 Å². The third-order valence-corrected chi connectivity index (χ3v) is 3.54. The molecule has 19 heavy (non-hydrogen) atoms. The highest BCUT2D eigenvalue weighted by atomic mass is 16.6. The second kappa shape index (κ2) is 4.57. The molecule has 1 unspecified atom stereocenters. The highest BCUT2D eigenvalue weighted by Crippen LogP contribution is 2.37. The Balaban J connectivity index is 1.99. The highest BCUT2D eigenvalue weighted by molar-refractivity contribution is 6.10. The van der Waals surface area contributed by atoms with Gasteiger partial charge in [-0.15, -0.1) is 0 Å².